The normalized spacial score (nSPS) is 11.7. The highest BCUT2D eigenvalue weighted by molar-refractivity contribution is 6.26. The standard InChI is InChI=1S/C37H26N2/c1-25-15-17-26(18-16-25)27-19-22-30(23-20-27)39-34-24-21-28-9-5-6-12-31(28)35(34)37-36(39)32-13-7-8-14-33(32)38(37)29-10-3-2-4-11-29/h2-24H,1H3. The molecule has 8 aromatic rings. The van der Waals surface area contributed by atoms with Gasteiger partial charge in [0.25, 0.3) is 0 Å². The molecular weight excluding hydrogens is 472 g/mol. The van der Waals surface area contributed by atoms with Crippen LogP contribution in [0.3, 0.4) is 0 Å². The Labute approximate surface area is 227 Å². The summed E-state index contributed by atoms with van der Waals surface area (Å²) in [7, 11) is 0. The van der Waals surface area contributed by atoms with Crippen LogP contribution in [0.2, 0.25) is 0 Å². The van der Waals surface area contributed by atoms with Crippen LogP contribution in [0.4, 0.5) is 0 Å². The van der Waals surface area contributed by atoms with E-state index in [0.717, 1.165) is 5.69 Å². The number of benzene rings is 6. The lowest BCUT2D eigenvalue weighted by atomic mass is 10.0. The van der Waals surface area contributed by atoms with Crippen LogP contribution in [0, 0.1) is 6.92 Å². The van der Waals surface area contributed by atoms with E-state index in [-0.39, 0.29) is 0 Å². The molecule has 0 unspecified atom stereocenters. The van der Waals surface area contributed by atoms with Crippen LogP contribution < -0.4 is 0 Å². The maximum atomic E-state index is 2.46. The SMILES string of the molecule is Cc1ccc(-c2ccc(-n3c4ccc5ccccc5c4c4c3c3ccccc3n4-c3ccccc3)cc2)cc1. The van der Waals surface area contributed by atoms with Crippen molar-refractivity contribution in [2.75, 3.05) is 0 Å². The molecule has 2 nitrogen and oxygen atoms in total. The second kappa shape index (κ2) is 8.47. The van der Waals surface area contributed by atoms with Crippen molar-refractivity contribution in [3.63, 3.8) is 0 Å². The summed E-state index contributed by atoms with van der Waals surface area (Å²) in [6, 6.07) is 50.6. The Kier molecular flexibility index (Phi) is 4.77. The summed E-state index contributed by atoms with van der Waals surface area (Å²) >= 11 is 0. The van der Waals surface area contributed by atoms with Gasteiger partial charge in [0.05, 0.1) is 22.1 Å². The summed E-state index contributed by atoms with van der Waals surface area (Å²) in [6.07, 6.45) is 0. The van der Waals surface area contributed by atoms with Gasteiger partial charge in [-0.15, -0.1) is 0 Å². The molecule has 8 rings (SSSR count). The van der Waals surface area contributed by atoms with Crippen molar-refractivity contribution in [1.82, 2.24) is 9.13 Å². The molecule has 0 spiro atoms. The predicted molar refractivity (Wildman–Crippen MR) is 165 cm³/mol. The number of hydrogen-bond donors (Lipinski definition) is 0. The van der Waals surface area contributed by atoms with E-state index in [1.807, 2.05) is 0 Å². The smallest absolute Gasteiger partial charge is 0.0810 e. The zero-order valence-corrected chi connectivity index (χ0v) is 21.7. The third kappa shape index (κ3) is 3.28. The van der Waals surface area contributed by atoms with E-state index in [1.54, 1.807) is 0 Å². The van der Waals surface area contributed by atoms with Crippen LogP contribution >= 0.6 is 0 Å². The Balaban J connectivity index is 1.51. The van der Waals surface area contributed by atoms with Gasteiger partial charge in [0, 0.05) is 22.1 Å². The van der Waals surface area contributed by atoms with Crippen molar-refractivity contribution in [2.24, 2.45) is 0 Å². The molecule has 0 aliphatic heterocycles. The number of para-hydroxylation sites is 2. The summed E-state index contributed by atoms with van der Waals surface area (Å²) in [4.78, 5) is 0. The van der Waals surface area contributed by atoms with Gasteiger partial charge in [-0.2, -0.15) is 0 Å². The number of aryl methyl sites for hydroxylation is 1. The second-order valence-corrected chi connectivity index (χ2v) is 10.3. The van der Waals surface area contributed by atoms with Crippen LogP contribution in [0.5, 0.6) is 0 Å². The average molecular weight is 499 g/mol. The third-order valence-corrected chi connectivity index (χ3v) is 7.98. The van der Waals surface area contributed by atoms with Gasteiger partial charge in [0.1, 0.15) is 0 Å². The first-order valence-corrected chi connectivity index (χ1v) is 13.5. The molecule has 39 heavy (non-hydrogen) atoms. The molecule has 0 N–H and O–H groups in total. The molecule has 0 aliphatic rings. The van der Waals surface area contributed by atoms with E-state index in [2.05, 4.69) is 156 Å². The Hall–Kier alpha value is -5.08. The zero-order chi connectivity index (χ0) is 25.9. The summed E-state index contributed by atoms with van der Waals surface area (Å²) < 4.78 is 4.90. The van der Waals surface area contributed by atoms with Crippen LogP contribution in [-0.4, -0.2) is 9.13 Å². The van der Waals surface area contributed by atoms with Gasteiger partial charge < -0.3 is 9.13 Å². The molecule has 6 aromatic carbocycles. The molecule has 2 aromatic heterocycles. The zero-order valence-electron chi connectivity index (χ0n) is 21.7. The topological polar surface area (TPSA) is 9.86 Å². The van der Waals surface area contributed by atoms with E-state index in [4.69, 9.17) is 0 Å². The van der Waals surface area contributed by atoms with Gasteiger partial charge in [-0.25, -0.2) is 0 Å². The van der Waals surface area contributed by atoms with Crippen LogP contribution in [0.1, 0.15) is 5.56 Å². The highest BCUT2D eigenvalue weighted by atomic mass is 15.1. The summed E-state index contributed by atoms with van der Waals surface area (Å²) in [6.45, 7) is 2.13. The first-order valence-electron chi connectivity index (χ1n) is 13.5. The minimum absolute atomic E-state index is 1.16. The maximum Gasteiger partial charge on any atom is 0.0810 e. The molecule has 0 saturated heterocycles. The maximum absolute atomic E-state index is 2.46. The molecule has 0 fully saturated rings. The van der Waals surface area contributed by atoms with Gasteiger partial charge in [-0.3, -0.25) is 0 Å². The van der Waals surface area contributed by atoms with Crippen molar-refractivity contribution in [2.45, 2.75) is 6.92 Å². The van der Waals surface area contributed by atoms with E-state index in [1.165, 1.54) is 66.0 Å². The first-order chi connectivity index (χ1) is 19.3. The molecule has 0 radical (unpaired) electrons. The van der Waals surface area contributed by atoms with E-state index in [9.17, 15) is 0 Å². The Morgan fingerprint density at radius 2 is 1.00 bits per heavy atom. The highest BCUT2D eigenvalue weighted by Gasteiger charge is 2.23. The number of hydrogen-bond acceptors (Lipinski definition) is 0. The predicted octanol–water partition coefficient (Wildman–Crippen LogP) is 9.86. The lowest BCUT2D eigenvalue weighted by Gasteiger charge is -2.11. The van der Waals surface area contributed by atoms with Gasteiger partial charge in [-0.05, 0) is 65.2 Å². The fourth-order valence-electron chi connectivity index (χ4n) is 6.16. The molecule has 0 aliphatic carbocycles. The summed E-state index contributed by atoms with van der Waals surface area (Å²) in [5.74, 6) is 0. The Bertz CT molecular complexity index is 2140. The van der Waals surface area contributed by atoms with Gasteiger partial charge in [0.15, 0.2) is 0 Å². The van der Waals surface area contributed by atoms with Crippen LogP contribution in [0.15, 0.2) is 140 Å². The van der Waals surface area contributed by atoms with Crippen molar-refractivity contribution in [3.05, 3.63) is 145 Å². The molecule has 0 saturated carbocycles. The number of rotatable bonds is 3. The quantitative estimate of drug-likeness (QED) is 0.229. The highest BCUT2D eigenvalue weighted by Crippen LogP contribution is 2.43. The monoisotopic (exact) mass is 498 g/mol. The lowest BCUT2D eigenvalue weighted by Crippen LogP contribution is -1.94. The van der Waals surface area contributed by atoms with Crippen molar-refractivity contribution in [3.8, 4) is 22.5 Å². The van der Waals surface area contributed by atoms with Crippen LogP contribution in [-0.2, 0) is 0 Å². The Morgan fingerprint density at radius 3 is 1.77 bits per heavy atom. The molecule has 2 heteroatoms. The van der Waals surface area contributed by atoms with E-state index in [0.29, 0.717) is 0 Å². The minimum atomic E-state index is 1.16. The number of nitrogens with zero attached hydrogens (tertiary/aromatic N) is 2. The first kappa shape index (κ1) is 22.0. The van der Waals surface area contributed by atoms with Crippen molar-refractivity contribution >= 4 is 43.6 Å². The van der Waals surface area contributed by atoms with E-state index < -0.39 is 0 Å². The lowest BCUT2D eigenvalue weighted by molar-refractivity contribution is 1.17. The largest absolute Gasteiger partial charge is 0.307 e. The second-order valence-electron chi connectivity index (χ2n) is 10.3. The third-order valence-electron chi connectivity index (χ3n) is 7.98. The minimum Gasteiger partial charge on any atom is -0.307 e. The number of aromatic nitrogens is 2. The molecule has 0 amide bonds. The Morgan fingerprint density at radius 1 is 0.410 bits per heavy atom. The summed E-state index contributed by atoms with van der Waals surface area (Å²) in [5.41, 5.74) is 11.0. The fraction of sp³-hybridized carbons (Fsp3) is 0.0270. The van der Waals surface area contributed by atoms with Gasteiger partial charge in [0.2, 0.25) is 0 Å². The average Bonchev–Trinajstić information content (AvgIpc) is 3.51. The van der Waals surface area contributed by atoms with Gasteiger partial charge in [-0.1, -0.05) is 109 Å². The van der Waals surface area contributed by atoms with E-state index >= 15 is 0 Å². The fourth-order valence-corrected chi connectivity index (χ4v) is 6.16. The van der Waals surface area contributed by atoms with Crippen molar-refractivity contribution in [1.29, 1.82) is 0 Å². The van der Waals surface area contributed by atoms with Crippen molar-refractivity contribution < 1.29 is 0 Å². The molecule has 2 heterocycles. The molecular formula is C37H26N2. The number of fused-ring (bicyclic) bond motifs is 7. The molecule has 0 bridgehead atoms. The van der Waals surface area contributed by atoms with Gasteiger partial charge >= 0.3 is 0 Å². The molecule has 0 atom stereocenters. The molecule has 184 valence electrons. The summed E-state index contributed by atoms with van der Waals surface area (Å²) in [5, 5.41) is 5.06. The van der Waals surface area contributed by atoms with Crippen LogP contribution in [0.25, 0.3) is 66.1 Å².